The van der Waals surface area contributed by atoms with Gasteiger partial charge in [-0.3, -0.25) is 0 Å². The minimum Gasteiger partial charge on any atom is -0.547 e. The van der Waals surface area contributed by atoms with Gasteiger partial charge in [0.15, 0.2) is 6.10 Å². The standard InChI is InChI=1S/C20H38O6.K/c1-2-3-4-5-6-7-8-9-10-11-12-13-14-15-16-26-20(25)18(22)17(21)19(23)24;/h17-18,21-22H,2-16H2,1H3,(H,23,24);/q;+1/p-1. The van der Waals surface area contributed by atoms with Gasteiger partial charge in [-0.15, -0.1) is 0 Å². The molecule has 27 heavy (non-hydrogen) atoms. The van der Waals surface area contributed by atoms with E-state index in [4.69, 9.17) is 9.84 Å². The van der Waals surface area contributed by atoms with Crippen molar-refractivity contribution in [2.45, 2.75) is 109 Å². The van der Waals surface area contributed by atoms with E-state index in [9.17, 15) is 19.8 Å². The largest absolute Gasteiger partial charge is 1.00 e. The fourth-order valence-electron chi connectivity index (χ4n) is 2.81. The number of aliphatic carboxylic acids is 1. The summed E-state index contributed by atoms with van der Waals surface area (Å²) in [5.41, 5.74) is 0. The number of unbranched alkanes of at least 4 members (excludes halogenated alkanes) is 13. The van der Waals surface area contributed by atoms with Crippen LogP contribution < -0.4 is 56.5 Å². The molecular weight excluding hydrogens is 375 g/mol. The Morgan fingerprint density at radius 3 is 1.48 bits per heavy atom. The van der Waals surface area contributed by atoms with Crippen LogP contribution in [0.5, 0.6) is 0 Å². The van der Waals surface area contributed by atoms with E-state index in [1.165, 1.54) is 64.2 Å². The molecule has 2 unspecified atom stereocenters. The Morgan fingerprint density at radius 2 is 1.11 bits per heavy atom. The number of ether oxygens (including phenoxy) is 1. The second-order valence-electron chi connectivity index (χ2n) is 6.97. The van der Waals surface area contributed by atoms with Gasteiger partial charge in [0.25, 0.3) is 0 Å². The van der Waals surface area contributed by atoms with Crippen LogP contribution in [0.3, 0.4) is 0 Å². The molecule has 2 atom stereocenters. The van der Waals surface area contributed by atoms with Gasteiger partial charge in [0.05, 0.1) is 12.6 Å². The Balaban J connectivity index is 0. The topological polar surface area (TPSA) is 107 Å². The maximum atomic E-state index is 11.3. The van der Waals surface area contributed by atoms with Crippen molar-refractivity contribution < 1.29 is 81.0 Å². The van der Waals surface area contributed by atoms with E-state index in [1.54, 1.807) is 0 Å². The van der Waals surface area contributed by atoms with E-state index in [0.717, 1.165) is 19.3 Å². The van der Waals surface area contributed by atoms with Crippen LogP contribution in [0.25, 0.3) is 0 Å². The predicted molar refractivity (Wildman–Crippen MR) is 98.3 cm³/mol. The summed E-state index contributed by atoms with van der Waals surface area (Å²) in [4.78, 5) is 21.6. The third-order valence-electron chi connectivity index (χ3n) is 4.52. The second kappa shape index (κ2) is 21.2. The monoisotopic (exact) mass is 412 g/mol. The summed E-state index contributed by atoms with van der Waals surface area (Å²) in [6.07, 6.45) is 12.8. The average molecular weight is 413 g/mol. The van der Waals surface area contributed by atoms with Crippen molar-refractivity contribution in [3.8, 4) is 0 Å². The van der Waals surface area contributed by atoms with Crippen LogP contribution in [0.15, 0.2) is 0 Å². The van der Waals surface area contributed by atoms with Crippen molar-refractivity contribution in [3.63, 3.8) is 0 Å². The van der Waals surface area contributed by atoms with Crippen molar-refractivity contribution in [3.05, 3.63) is 0 Å². The average Bonchev–Trinajstić information content (AvgIpc) is 2.63. The van der Waals surface area contributed by atoms with Gasteiger partial charge in [-0.05, 0) is 6.42 Å². The van der Waals surface area contributed by atoms with Gasteiger partial charge in [-0.25, -0.2) is 4.79 Å². The Labute approximate surface area is 206 Å². The van der Waals surface area contributed by atoms with Gasteiger partial charge in [-0.1, -0.05) is 90.4 Å². The number of aliphatic hydroxyl groups excluding tert-OH is 2. The molecule has 0 saturated heterocycles. The molecule has 0 heterocycles. The van der Waals surface area contributed by atoms with Gasteiger partial charge < -0.3 is 24.9 Å². The Bertz CT molecular complexity index is 364. The Hall–Kier alpha value is 0.496. The molecule has 0 fully saturated rings. The molecule has 0 aromatic rings. The number of aliphatic hydroxyl groups is 2. The first-order valence-corrected chi connectivity index (χ1v) is 10.2. The Morgan fingerprint density at radius 1 is 0.741 bits per heavy atom. The number of carbonyl (C=O) groups is 2. The molecule has 154 valence electrons. The van der Waals surface area contributed by atoms with Gasteiger partial charge in [0.1, 0.15) is 6.10 Å². The van der Waals surface area contributed by atoms with E-state index in [2.05, 4.69) is 6.92 Å². The molecule has 7 heteroatoms. The summed E-state index contributed by atoms with van der Waals surface area (Å²) >= 11 is 0. The zero-order valence-electron chi connectivity index (χ0n) is 17.3. The molecule has 0 bridgehead atoms. The van der Waals surface area contributed by atoms with E-state index in [-0.39, 0.29) is 58.0 Å². The predicted octanol–water partition coefficient (Wildman–Crippen LogP) is -0.513. The number of hydrogen-bond donors (Lipinski definition) is 2. The Kier molecular flexibility index (Phi) is 23.3. The molecule has 6 nitrogen and oxygen atoms in total. The molecule has 0 aliphatic rings. The van der Waals surface area contributed by atoms with Gasteiger partial charge in [-0.2, -0.15) is 0 Å². The number of carbonyl (C=O) groups excluding carboxylic acids is 2. The summed E-state index contributed by atoms with van der Waals surface area (Å²) in [6.45, 7) is 2.36. The van der Waals surface area contributed by atoms with Crippen LogP contribution in [-0.4, -0.2) is 41.0 Å². The summed E-state index contributed by atoms with van der Waals surface area (Å²) < 4.78 is 4.74. The van der Waals surface area contributed by atoms with Crippen LogP contribution in [0.1, 0.15) is 96.8 Å². The molecule has 0 aliphatic carbocycles. The minimum atomic E-state index is -2.25. The first-order valence-electron chi connectivity index (χ1n) is 10.2. The van der Waals surface area contributed by atoms with E-state index in [0.29, 0.717) is 6.42 Å². The van der Waals surface area contributed by atoms with Crippen LogP contribution in [0.2, 0.25) is 0 Å². The smallest absolute Gasteiger partial charge is 0.547 e. The van der Waals surface area contributed by atoms with Gasteiger partial charge in [0.2, 0.25) is 0 Å². The minimum absolute atomic E-state index is 0. The van der Waals surface area contributed by atoms with Crippen LogP contribution in [0.4, 0.5) is 0 Å². The molecule has 0 spiro atoms. The first-order chi connectivity index (χ1) is 12.5. The molecule has 0 amide bonds. The normalized spacial score (nSPS) is 12.9. The zero-order chi connectivity index (χ0) is 19.6. The van der Waals surface area contributed by atoms with E-state index in [1.807, 2.05) is 0 Å². The quantitative estimate of drug-likeness (QED) is 0.178. The van der Waals surface area contributed by atoms with Crippen molar-refractivity contribution in [2.75, 3.05) is 6.61 Å². The van der Waals surface area contributed by atoms with Crippen LogP contribution >= 0.6 is 0 Å². The number of rotatable bonds is 18. The maximum absolute atomic E-state index is 11.3. The van der Waals surface area contributed by atoms with Gasteiger partial charge >= 0.3 is 57.4 Å². The maximum Gasteiger partial charge on any atom is 1.00 e. The SMILES string of the molecule is CCCCCCCCCCCCCCCCOC(=O)C(O)C(O)C(=O)[O-].[K+]. The summed E-state index contributed by atoms with van der Waals surface area (Å²) in [5.74, 6) is -3.03. The van der Waals surface area contributed by atoms with Crippen molar-refractivity contribution in [1.82, 2.24) is 0 Å². The third-order valence-corrected chi connectivity index (χ3v) is 4.52. The molecule has 2 N–H and O–H groups in total. The molecular formula is C20H37KO6. The fraction of sp³-hybridized carbons (Fsp3) is 0.900. The molecule has 0 aliphatic heterocycles. The second-order valence-corrected chi connectivity index (χ2v) is 6.97. The molecule has 0 saturated carbocycles. The molecule has 0 rings (SSSR count). The molecule has 0 aromatic heterocycles. The summed E-state index contributed by atoms with van der Waals surface area (Å²) in [6, 6.07) is 0. The third kappa shape index (κ3) is 18.3. The van der Waals surface area contributed by atoms with Crippen molar-refractivity contribution >= 4 is 11.9 Å². The first kappa shape index (κ1) is 29.7. The number of carboxylic acids is 1. The zero-order valence-corrected chi connectivity index (χ0v) is 20.4. The van der Waals surface area contributed by atoms with Crippen LogP contribution in [0, 0.1) is 0 Å². The van der Waals surface area contributed by atoms with E-state index >= 15 is 0 Å². The fourth-order valence-corrected chi connectivity index (χ4v) is 2.81. The van der Waals surface area contributed by atoms with Crippen molar-refractivity contribution in [1.29, 1.82) is 0 Å². The van der Waals surface area contributed by atoms with Gasteiger partial charge in [0, 0.05) is 0 Å². The van der Waals surface area contributed by atoms with Crippen LogP contribution in [-0.2, 0) is 14.3 Å². The molecule has 0 aromatic carbocycles. The molecule has 0 radical (unpaired) electrons. The number of carboxylic acid groups (broad SMARTS) is 1. The summed E-state index contributed by atoms with van der Waals surface area (Å²) in [7, 11) is 0. The number of hydrogen-bond acceptors (Lipinski definition) is 6. The van der Waals surface area contributed by atoms with Crippen molar-refractivity contribution in [2.24, 2.45) is 0 Å². The number of esters is 1. The van der Waals surface area contributed by atoms with E-state index < -0.39 is 24.1 Å². The summed E-state index contributed by atoms with van der Waals surface area (Å²) in [5, 5.41) is 28.5.